The van der Waals surface area contributed by atoms with Gasteiger partial charge in [-0.2, -0.15) is 19.4 Å². The molecule has 2 saturated heterocycles. The number of thiol groups is 1. The molecule has 64 heavy (non-hydrogen) atoms. The number of benzene rings is 1. The van der Waals surface area contributed by atoms with E-state index in [1.165, 1.54) is 28.6 Å². The van der Waals surface area contributed by atoms with Crippen LogP contribution in [0.2, 0.25) is 0 Å². The van der Waals surface area contributed by atoms with Crippen molar-refractivity contribution < 1.29 is 38.3 Å². The van der Waals surface area contributed by atoms with Crippen LogP contribution in [0, 0.1) is 142 Å². The van der Waals surface area contributed by atoms with Crippen molar-refractivity contribution in [3.63, 3.8) is 0 Å². The molecule has 5 heterocycles. The third-order valence-corrected chi connectivity index (χ3v) is 9.72. The Balaban J connectivity index is -0.000000192. The molecule has 0 aliphatic carbocycles. The second kappa shape index (κ2) is 27.5. The molecular formula is C46H52N10O6S2. The van der Waals surface area contributed by atoms with Gasteiger partial charge in [0.25, 0.3) is 0 Å². The number of ether oxygens (including phenoxy) is 2. The average molecular weight is 905 g/mol. The normalized spacial score (nSPS) is 12.0. The minimum Gasteiger partial charge on any atom is -0.497 e. The Labute approximate surface area is 393 Å². The standard InChI is InChI=1S/C23H25N5O3S.C23H4.H3N5O3S.10H2/c1-30-17-4-2-16(3-5-17)11-27-21-19(20-24-15-25-28(20)22(27)29)10-18(32-21)12-26-8-6-23(7-9-26)13-31-14-23;1-3-5-7-9-11-13-15-17-19-21-23-22-20-18-16-14-12-10-8-6-4-2;1-2-3-4-5(7-6)8-9;;;;;;;;;;/h2-5,10,15H,6-9,11-14H2,1H3;1H,2H3;1,6,9H;10*1H/b;;2-1?,4-3+;;;;;;;;;;. The smallest absolute Gasteiger partial charge is 0.352 e. The molecule has 0 bridgehead atoms. The van der Waals surface area contributed by atoms with Crippen molar-refractivity contribution in [1.82, 2.24) is 29.4 Å². The number of terminal acetylenes is 1. The maximum atomic E-state index is 13.2. The molecule has 4 aromatic rings. The van der Waals surface area contributed by atoms with E-state index in [0.717, 1.165) is 54.4 Å². The molecule has 3 aromatic heterocycles. The third kappa shape index (κ3) is 15.6. The summed E-state index contributed by atoms with van der Waals surface area (Å²) in [5.74, 6) is 52.7. The van der Waals surface area contributed by atoms with Gasteiger partial charge >= 0.3 is 5.69 Å². The number of aromatic nitrogens is 4. The number of nitrogens with zero attached hydrogens (tertiary/aromatic N) is 9. The second-order valence-electron chi connectivity index (χ2n) is 12.4. The first kappa shape index (κ1) is 48.3. The van der Waals surface area contributed by atoms with Gasteiger partial charge in [0.05, 0.1) is 32.3 Å². The van der Waals surface area contributed by atoms with Crippen molar-refractivity contribution in [1.29, 1.82) is 5.53 Å². The minimum atomic E-state index is -0.167. The van der Waals surface area contributed by atoms with E-state index in [1.54, 1.807) is 25.4 Å². The van der Waals surface area contributed by atoms with Crippen molar-refractivity contribution in [2.75, 3.05) is 33.4 Å². The SMILES string of the molecule is C#CC#CC#CC#CC#CC#CC#CC#CC#CC#CC#CC.COc1ccc(Cn2c(=O)n3ncnc3c3cc(CN4CCC5(CC4)COC5)sc32)cc1.N=N/N=N/N(OO)OS.[HH].[HH].[HH].[HH].[HH].[HH].[HH].[HH].[HH].[HH]. The fourth-order valence-electron chi connectivity index (χ4n) is 5.50. The van der Waals surface area contributed by atoms with Crippen LogP contribution in [0.5, 0.6) is 5.75 Å². The van der Waals surface area contributed by atoms with Crippen molar-refractivity contribution in [3.8, 4) is 137 Å². The molecule has 16 nitrogen and oxygen atoms in total. The monoisotopic (exact) mass is 904 g/mol. The molecule has 2 aliphatic rings. The molecule has 1 spiro atoms. The van der Waals surface area contributed by atoms with Gasteiger partial charge in [0, 0.05) is 78.3 Å². The predicted molar refractivity (Wildman–Crippen MR) is 262 cm³/mol. The molecule has 2 aliphatic heterocycles. The first-order valence-electron chi connectivity index (χ1n) is 18.3. The summed E-state index contributed by atoms with van der Waals surface area (Å²) in [4.78, 5) is 25.6. The molecule has 6 rings (SSSR count). The molecular weight excluding hydrogens is 853 g/mol. The van der Waals surface area contributed by atoms with Crippen LogP contribution < -0.4 is 10.4 Å². The number of fused-ring (bicyclic) bond motifs is 3. The van der Waals surface area contributed by atoms with Crippen molar-refractivity contribution in [2.45, 2.75) is 32.9 Å². The fraction of sp³-hybridized carbons (Fsp3) is 0.239. The van der Waals surface area contributed by atoms with Crippen LogP contribution in [-0.2, 0) is 27.1 Å². The summed E-state index contributed by atoms with van der Waals surface area (Å²) >= 11 is 4.84. The van der Waals surface area contributed by atoms with Gasteiger partial charge in [-0.25, -0.2) is 15.0 Å². The number of thiophene rings is 1. The lowest BCUT2D eigenvalue weighted by Gasteiger charge is -2.47. The Kier molecular flexibility index (Phi) is 20.7. The topological polar surface area (TPSA) is 177 Å². The van der Waals surface area contributed by atoms with E-state index in [1.807, 2.05) is 28.8 Å². The molecule has 0 amide bonds. The largest absolute Gasteiger partial charge is 0.497 e. The summed E-state index contributed by atoms with van der Waals surface area (Å²) in [7, 11) is 1.65. The number of hydrogen-bond acceptors (Lipinski definition) is 13. The van der Waals surface area contributed by atoms with Gasteiger partial charge in [0.1, 0.15) is 16.9 Å². The molecule has 0 unspecified atom stereocenters. The van der Waals surface area contributed by atoms with Crippen LogP contribution in [0.15, 0.2) is 57.1 Å². The van der Waals surface area contributed by atoms with Crippen LogP contribution >= 0.6 is 24.2 Å². The molecule has 0 radical (unpaired) electrons. The van der Waals surface area contributed by atoms with Crippen LogP contribution in [0.1, 0.15) is 44.5 Å². The van der Waals surface area contributed by atoms with E-state index in [0.29, 0.717) is 17.6 Å². The number of nitrogens with one attached hydrogen (secondary N) is 1. The molecule has 18 heteroatoms. The van der Waals surface area contributed by atoms with Crippen molar-refractivity contribution in [2.24, 2.45) is 21.1 Å². The lowest BCUT2D eigenvalue weighted by Crippen LogP contribution is -2.50. The van der Waals surface area contributed by atoms with Crippen LogP contribution in [-0.4, -0.2) is 68.1 Å². The van der Waals surface area contributed by atoms with Crippen LogP contribution in [0.25, 0.3) is 15.9 Å². The molecule has 1 aromatic carbocycles. The zero-order valence-corrected chi connectivity index (χ0v) is 35.8. The van der Waals surface area contributed by atoms with Gasteiger partial charge in [-0.05, 0) is 162 Å². The predicted octanol–water partition coefficient (Wildman–Crippen LogP) is 6.69. The highest BCUT2D eigenvalue weighted by atomic mass is 32.1. The first-order valence-corrected chi connectivity index (χ1v) is 19.4. The van der Waals surface area contributed by atoms with Gasteiger partial charge in [-0.1, -0.05) is 23.0 Å². The van der Waals surface area contributed by atoms with Crippen LogP contribution in [0.3, 0.4) is 0 Å². The molecule has 334 valence electrons. The fourth-order valence-corrected chi connectivity index (χ4v) is 6.75. The zero-order valence-electron chi connectivity index (χ0n) is 34.1. The molecule has 0 saturated carbocycles. The van der Waals surface area contributed by atoms with Crippen LogP contribution in [0.4, 0.5) is 0 Å². The van der Waals surface area contributed by atoms with E-state index < -0.39 is 0 Å². The van der Waals surface area contributed by atoms with E-state index >= 15 is 0 Å². The Morgan fingerprint density at radius 3 is 1.95 bits per heavy atom. The highest BCUT2D eigenvalue weighted by Gasteiger charge is 2.41. The molecule has 2 N–H and O–H groups in total. The van der Waals surface area contributed by atoms with E-state index in [9.17, 15) is 4.79 Å². The summed E-state index contributed by atoms with van der Waals surface area (Å²) < 4.78 is 17.8. The van der Waals surface area contributed by atoms with E-state index in [2.05, 4.69) is 183 Å². The Hall–Kier alpha value is -8.36. The van der Waals surface area contributed by atoms with Gasteiger partial charge < -0.3 is 9.47 Å². The Morgan fingerprint density at radius 2 is 1.48 bits per heavy atom. The Bertz CT molecular complexity index is 3150. The summed E-state index contributed by atoms with van der Waals surface area (Å²) in [6, 6.07) is 10.0. The minimum absolute atomic E-state index is 0. The quantitative estimate of drug-likeness (QED) is 0.0410. The maximum Gasteiger partial charge on any atom is 0.352 e. The summed E-state index contributed by atoms with van der Waals surface area (Å²) in [5, 5.41) is 21.0. The van der Waals surface area contributed by atoms with Crippen molar-refractivity contribution >= 4 is 40.1 Å². The van der Waals surface area contributed by atoms with Gasteiger partial charge in [0.2, 0.25) is 0 Å². The lowest BCUT2D eigenvalue weighted by molar-refractivity contribution is -0.478. The number of rotatable bonds is 9. The van der Waals surface area contributed by atoms with E-state index in [-0.39, 0.29) is 25.3 Å². The summed E-state index contributed by atoms with van der Waals surface area (Å²) in [5.41, 5.74) is 8.00. The highest BCUT2D eigenvalue weighted by molar-refractivity contribution is 7.75. The summed E-state index contributed by atoms with van der Waals surface area (Å²) in [6.45, 7) is 7.10. The lowest BCUT2D eigenvalue weighted by atomic mass is 9.77. The zero-order chi connectivity index (χ0) is 45.7. The van der Waals surface area contributed by atoms with Gasteiger partial charge in [-0.3, -0.25) is 9.47 Å². The van der Waals surface area contributed by atoms with Gasteiger partial charge in [0.15, 0.2) is 5.65 Å². The molecule has 2 fully saturated rings. The Morgan fingerprint density at radius 1 is 0.922 bits per heavy atom. The number of likely N-dealkylation sites (tertiary alicyclic amines) is 1. The molecule has 0 atom stereocenters. The second-order valence-corrected chi connectivity index (χ2v) is 13.6. The third-order valence-electron chi connectivity index (χ3n) is 8.44. The highest BCUT2D eigenvalue weighted by Crippen LogP contribution is 2.39. The first-order chi connectivity index (χ1) is 31.4. The average Bonchev–Trinajstić information content (AvgIpc) is 3.98. The van der Waals surface area contributed by atoms with Gasteiger partial charge in [-0.15, -0.1) is 17.8 Å². The number of methoxy groups -OCH3 is 1. The maximum absolute atomic E-state index is 13.2. The number of hydrogen-bond donors (Lipinski definition) is 3. The summed E-state index contributed by atoms with van der Waals surface area (Å²) in [6.07, 6.45) is 8.76. The van der Waals surface area contributed by atoms with E-state index in [4.69, 9.17) is 26.7 Å². The van der Waals surface area contributed by atoms with Crippen molar-refractivity contribution in [3.05, 3.63) is 57.6 Å². The number of piperidine rings is 1.